The summed E-state index contributed by atoms with van der Waals surface area (Å²) < 4.78 is 4.95. The summed E-state index contributed by atoms with van der Waals surface area (Å²) in [5.74, 6) is -0.300. The van der Waals surface area contributed by atoms with E-state index in [2.05, 4.69) is 5.32 Å². The van der Waals surface area contributed by atoms with Gasteiger partial charge >= 0.3 is 5.97 Å². The molecule has 0 atom stereocenters. The SMILES string of the molecule is CC(C)OC(=O)C1(N)CNC1. The molecular formula is C7H14N2O2. The fourth-order valence-electron chi connectivity index (χ4n) is 0.870. The lowest BCUT2D eigenvalue weighted by Gasteiger charge is -2.36. The number of carbonyl (C=O) groups excluding carboxylic acids is 1. The van der Waals surface area contributed by atoms with Gasteiger partial charge in [0.2, 0.25) is 0 Å². The lowest BCUT2D eigenvalue weighted by atomic mass is 9.94. The van der Waals surface area contributed by atoms with E-state index in [4.69, 9.17) is 10.5 Å². The Morgan fingerprint density at radius 3 is 2.45 bits per heavy atom. The smallest absolute Gasteiger partial charge is 0.329 e. The quantitative estimate of drug-likeness (QED) is 0.518. The van der Waals surface area contributed by atoms with Crippen molar-refractivity contribution in [3.63, 3.8) is 0 Å². The largest absolute Gasteiger partial charge is 0.462 e. The zero-order valence-corrected chi connectivity index (χ0v) is 6.89. The second-order valence-corrected chi connectivity index (χ2v) is 3.21. The lowest BCUT2D eigenvalue weighted by Crippen LogP contribution is -2.70. The van der Waals surface area contributed by atoms with Crippen molar-refractivity contribution in [2.24, 2.45) is 5.73 Å². The van der Waals surface area contributed by atoms with Crippen LogP contribution < -0.4 is 11.1 Å². The maximum absolute atomic E-state index is 11.2. The highest BCUT2D eigenvalue weighted by atomic mass is 16.5. The molecule has 3 N–H and O–H groups in total. The minimum atomic E-state index is -0.760. The summed E-state index contributed by atoms with van der Waals surface area (Å²) in [7, 11) is 0. The topological polar surface area (TPSA) is 64.3 Å². The van der Waals surface area contributed by atoms with E-state index in [9.17, 15) is 4.79 Å². The van der Waals surface area contributed by atoms with E-state index in [1.165, 1.54) is 0 Å². The molecule has 0 spiro atoms. The molecule has 1 fully saturated rings. The van der Waals surface area contributed by atoms with Gasteiger partial charge in [0.05, 0.1) is 6.10 Å². The van der Waals surface area contributed by atoms with Gasteiger partial charge in [0.15, 0.2) is 0 Å². The average Bonchev–Trinajstić information content (AvgIpc) is 1.81. The van der Waals surface area contributed by atoms with Crippen LogP contribution >= 0.6 is 0 Å². The zero-order valence-electron chi connectivity index (χ0n) is 6.89. The van der Waals surface area contributed by atoms with Gasteiger partial charge in [-0.05, 0) is 13.8 Å². The van der Waals surface area contributed by atoms with E-state index in [-0.39, 0.29) is 12.1 Å². The molecule has 1 heterocycles. The molecule has 0 aliphatic carbocycles. The van der Waals surface area contributed by atoms with E-state index < -0.39 is 5.54 Å². The Morgan fingerprint density at radius 2 is 2.18 bits per heavy atom. The zero-order chi connectivity index (χ0) is 8.48. The molecule has 1 rings (SSSR count). The second kappa shape index (κ2) is 2.79. The molecule has 0 radical (unpaired) electrons. The third-order valence-corrected chi connectivity index (χ3v) is 1.63. The fraction of sp³-hybridized carbons (Fsp3) is 0.857. The molecule has 11 heavy (non-hydrogen) atoms. The highest BCUT2D eigenvalue weighted by molar-refractivity contribution is 5.82. The minimum absolute atomic E-state index is 0.0801. The van der Waals surface area contributed by atoms with E-state index in [0.717, 1.165) is 0 Å². The molecule has 0 unspecified atom stereocenters. The van der Waals surface area contributed by atoms with E-state index in [0.29, 0.717) is 13.1 Å². The van der Waals surface area contributed by atoms with Crippen LogP contribution in [0.25, 0.3) is 0 Å². The van der Waals surface area contributed by atoms with Crippen LogP contribution in [0.4, 0.5) is 0 Å². The molecular weight excluding hydrogens is 144 g/mol. The monoisotopic (exact) mass is 158 g/mol. The van der Waals surface area contributed by atoms with Crippen molar-refractivity contribution in [3.05, 3.63) is 0 Å². The van der Waals surface area contributed by atoms with Gasteiger partial charge in [-0.25, -0.2) is 4.79 Å². The van der Waals surface area contributed by atoms with Crippen LogP contribution in [0.3, 0.4) is 0 Å². The van der Waals surface area contributed by atoms with Crippen LogP contribution in [0.1, 0.15) is 13.8 Å². The van der Waals surface area contributed by atoms with Gasteiger partial charge in [-0.1, -0.05) is 0 Å². The Balaban J connectivity index is 2.40. The molecule has 0 aromatic rings. The van der Waals surface area contributed by atoms with E-state index in [1.54, 1.807) is 0 Å². The maximum atomic E-state index is 11.2. The van der Waals surface area contributed by atoms with Gasteiger partial charge in [0.25, 0.3) is 0 Å². The third-order valence-electron chi connectivity index (χ3n) is 1.63. The number of rotatable bonds is 2. The Kier molecular flexibility index (Phi) is 2.15. The molecule has 1 saturated heterocycles. The third kappa shape index (κ3) is 1.70. The number of esters is 1. The highest BCUT2D eigenvalue weighted by Crippen LogP contribution is 2.10. The van der Waals surface area contributed by atoms with Gasteiger partial charge < -0.3 is 15.8 Å². The van der Waals surface area contributed by atoms with Crippen molar-refractivity contribution in [1.82, 2.24) is 5.32 Å². The maximum Gasteiger partial charge on any atom is 0.329 e. The predicted molar refractivity (Wildman–Crippen MR) is 41.0 cm³/mol. The Bertz CT molecular complexity index is 164. The van der Waals surface area contributed by atoms with Crippen LogP contribution in [0.15, 0.2) is 0 Å². The second-order valence-electron chi connectivity index (χ2n) is 3.21. The van der Waals surface area contributed by atoms with Crippen LogP contribution in [0.2, 0.25) is 0 Å². The molecule has 4 heteroatoms. The number of carbonyl (C=O) groups is 1. The summed E-state index contributed by atoms with van der Waals surface area (Å²) >= 11 is 0. The number of ether oxygens (including phenoxy) is 1. The van der Waals surface area contributed by atoms with Crippen molar-refractivity contribution in [3.8, 4) is 0 Å². The van der Waals surface area contributed by atoms with Crippen molar-refractivity contribution in [2.45, 2.75) is 25.5 Å². The lowest BCUT2D eigenvalue weighted by molar-refractivity contribution is -0.156. The molecule has 0 bridgehead atoms. The molecule has 0 aromatic carbocycles. The van der Waals surface area contributed by atoms with Crippen LogP contribution in [0, 0.1) is 0 Å². The van der Waals surface area contributed by atoms with E-state index in [1.807, 2.05) is 13.8 Å². The number of nitrogens with one attached hydrogen (secondary N) is 1. The van der Waals surface area contributed by atoms with Crippen LogP contribution in [0.5, 0.6) is 0 Å². The van der Waals surface area contributed by atoms with Gasteiger partial charge in [-0.3, -0.25) is 0 Å². The predicted octanol–water partition coefficient (Wildman–Crippen LogP) is -0.761. The van der Waals surface area contributed by atoms with Crippen molar-refractivity contribution in [2.75, 3.05) is 13.1 Å². The average molecular weight is 158 g/mol. The fourth-order valence-corrected chi connectivity index (χ4v) is 0.870. The summed E-state index contributed by atoms with van der Waals surface area (Å²) in [4.78, 5) is 11.2. The summed E-state index contributed by atoms with van der Waals surface area (Å²) in [6.45, 7) is 4.68. The van der Waals surface area contributed by atoms with Gasteiger partial charge in [-0.15, -0.1) is 0 Å². The molecule has 1 aliphatic rings. The van der Waals surface area contributed by atoms with E-state index >= 15 is 0 Å². The molecule has 64 valence electrons. The molecule has 0 saturated carbocycles. The standard InChI is InChI=1S/C7H14N2O2/c1-5(2)11-6(10)7(8)3-9-4-7/h5,9H,3-4,8H2,1-2H3. The molecule has 1 aliphatic heterocycles. The van der Waals surface area contributed by atoms with Gasteiger partial charge in [-0.2, -0.15) is 0 Å². The van der Waals surface area contributed by atoms with Crippen LogP contribution in [-0.2, 0) is 9.53 Å². The number of hydrogen-bond acceptors (Lipinski definition) is 4. The van der Waals surface area contributed by atoms with Crippen molar-refractivity contribution in [1.29, 1.82) is 0 Å². The molecule has 0 amide bonds. The summed E-state index contributed by atoms with van der Waals surface area (Å²) in [5.41, 5.74) is 4.90. The first-order valence-corrected chi connectivity index (χ1v) is 3.75. The first kappa shape index (κ1) is 8.49. The first-order chi connectivity index (χ1) is 5.04. The van der Waals surface area contributed by atoms with Crippen molar-refractivity contribution >= 4 is 5.97 Å². The summed E-state index contributed by atoms with van der Waals surface area (Å²) in [6.07, 6.45) is -0.0801. The molecule has 4 nitrogen and oxygen atoms in total. The summed E-state index contributed by atoms with van der Waals surface area (Å²) in [6, 6.07) is 0. The highest BCUT2D eigenvalue weighted by Gasteiger charge is 2.42. The Morgan fingerprint density at radius 1 is 1.64 bits per heavy atom. The van der Waals surface area contributed by atoms with Crippen LogP contribution in [-0.4, -0.2) is 30.7 Å². The first-order valence-electron chi connectivity index (χ1n) is 3.75. The normalized spacial score (nSPS) is 21.1. The molecule has 0 aromatic heterocycles. The summed E-state index contributed by atoms with van der Waals surface area (Å²) in [5, 5.41) is 2.93. The Hall–Kier alpha value is -0.610. The number of hydrogen-bond donors (Lipinski definition) is 2. The Labute approximate surface area is 66.1 Å². The van der Waals surface area contributed by atoms with Gasteiger partial charge in [0, 0.05) is 13.1 Å². The van der Waals surface area contributed by atoms with Gasteiger partial charge in [0.1, 0.15) is 5.54 Å². The number of nitrogens with two attached hydrogens (primary N) is 1. The minimum Gasteiger partial charge on any atom is -0.462 e. The van der Waals surface area contributed by atoms with Crippen molar-refractivity contribution < 1.29 is 9.53 Å².